The van der Waals surface area contributed by atoms with Crippen molar-refractivity contribution in [3.8, 4) is 5.75 Å². The fourth-order valence-corrected chi connectivity index (χ4v) is 2.75. The Morgan fingerprint density at radius 3 is 2.95 bits per heavy atom. The predicted molar refractivity (Wildman–Crippen MR) is 81.3 cm³/mol. The zero-order valence-electron chi connectivity index (χ0n) is 12.0. The largest absolute Gasteiger partial charge is 0.493 e. The minimum absolute atomic E-state index is 0.726. The van der Waals surface area contributed by atoms with Crippen LogP contribution in [0.15, 0.2) is 12.1 Å². The minimum atomic E-state index is 0.726. The Hall–Kier alpha value is -0.730. The van der Waals surface area contributed by atoms with Crippen molar-refractivity contribution in [2.24, 2.45) is 5.92 Å². The molecule has 1 aliphatic rings. The highest BCUT2D eigenvalue weighted by Gasteiger charge is 2.17. The van der Waals surface area contributed by atoms with E-state index >= 15 is 0 Å². The normalized spacial score (nSPS) is 13.7. The Kier molecular flexibility index (Phi) is 5.53. The molecule has 1 aliphatic heterocycles. The quantitative estimate of drug-likeness (QED) is 0.767. The lowest BCUT2D eigenvalue weighted by molar-refractivity contribution is 0.353. The number of benzene rings is 1. The summed E-state index contributed by atoms with van der Waals surface area (Å²) in [4.78, 5) is 0. The fourth-order valence-electron chi connectivity index (χ4n) is 2.49. The van der Waals surface area contributed by atoms with Gasteiger partial charge in [-0.15, -0.1) is 0 Å². The number of rotatable bonds is 7. The van der Waals surface area contributed by atoms with Crippen LogP contribution in [0, 0.1) is 5.92 Å². The topological polar surface area (TPSA) is 21.3 Å². The first kappa shape index (κ1) is 14.7. The maximum absolute atomic E-state index is 6.16. The number of fused-ring (bicyclic) bond motifs is 1. The van der Waals surface area contributed by atoms with Gasteiger partial charge in [0.25, 0.3) is 0 Å². The van der Waals surface area contributed by atoms with Gasteiger partial charge in [0.2, 0.25) is 0 Å². The number of ether oxygens (including phenoxy) is 1. The van der Waals surface area contributed by atoms with Gasteiger partial charge in [-0.05, 0) is 61.5 Å². The van der Waals surface area contributed by atoms with Gasteiger partial charge in [-0.3, -0.25) is 0 Å². The number of unbranched alkanes of at least 4 members (excludes halogenated alkanes) is 1. The second-order valence-electron chi connectivity index (χ2n) is 5.71. The van der Waals surface area contributed by atoms with Crippen molar-refractivity contribution in [1.29, 1.82) is 0 Å². The van der Waals surface area contributed by atoms with Gasteiger partial charge in [0.05, 0.1) is 6.61 Å². The second-order valence-corrected chi connectivity index (χ2v) is 6.14. The molecule has 106 valence electrons. The summed E-state index contributed by atoms with van der Waals surface area (Å²) in [6.07, 6.45) is 4.44. The highest BCUT2D eigenvalue weighted by atomic mass is 35.5. The summed E-state index contributed by atoms with van der Waals surface area (Å²) < 4.78 is 5.72. The van der Waals surface area contributed by atoms with Crippen molar-refractivity contribution in [2.45, 2.75) is 39.5 Å². The monoisotopic (exact) mass is 281 g/mol. The third-order valence-corrected chi connectivity index (χ3v) is 3.65. The van der Waals surface area contributed by atoms with Crippen LogP contribution in [0.4, 0.5) is 0 Å². The van der Waals surface area contributed by atoms with Crippen LogP contribution in [0.25, 0.3) is 0 Å². The molecule has 0 amide bonds. The predicted octanol–water partition coefficient (Wildman–Crippen LogP) is 3.84. The highest BCUT2D eigenvalue weighted by molar-refractivity contribution is 6.30. The SMILES string of the molecule is CC(C)CNCCCCc1cc(Cl)cc2c1OCC2. The Balaban J connectivity index is 1.77. The average Bonchev–Trinajstić information content (AvgIpc) is 2.80. The molecule has 1 heterocycles. The number of hydrogen-bond donors (Lipinski definition) is 1. The summed E-state index contributed by atoms with van der Waals surface area (Å²) in [6.45, 7) is 7.48. The molecule has 2 rings (SSSR count). The second kappa shape index (κ2) is 7.16. The van der Waals surface area contributed by atoms with E-state index in [0.29, 0.717) is 0 Å². The van der Waals surface area contributed by atoms with Gasteiger partial charge >= 0.3 is 0 Å². The zero-order chi connectivity index (χ0) is 13.7. The van der Waals surface area contributed by atoms with E-state index in [1.165, 1.54) is 24.0 Å². The molecule has 0 radical (unpaired) electrons. The molecule has 1 aromatic carbocycles. The first-order chi connectivity index (χ1) is 9.16. The smallest absolute Gasteiger partial charge is 0.125 e. The van der Waals surface area contributed by atoms with Gasteiger partial charge < -0.3 is 10.1 Å². The van der Waals surface area contributed by atoms with Gasteiger partial charge in [-0.25, -0.2) is 0 Å². The molecular weight excluding hydrogens is 258 g/mol. The standard InChI is InChI=1S/C16H24ClNO/c1-12(2)11-18-7-4-3-5-13-9-15(17)10-14-6-8-19-16(13)14/h9-10,12,18H,3-8,11H2,1-2H3. The van der Waals surface area contributed by atoms with Crippen molar-refractivity contribution in [3.63, 3.8) is 0 Å². The first-order valence-corrected chi connectivity index (χ1v) is 7.69. The Bertz CT molecular complexity index is 417. The summed E-state index contributed by atoms with van der Waals surface area (Å²) in [7, 11) is 0. The Labute approximate surface area is 121 Å². The van der Waals surface area contributed by atoms with E-state index in [2.05, 4.69) is 25.2 Å². The molecule has 1 aromatic rings. The van der Waals surface area contributed by atoms with Crippen LogP contribution in [-0.2, 0) is 12.8 Å². The lowest BCUT2D eigenvalue weighted by Crippen LogP contribution is -2.20. The molecular formula is C16H24ClNO. The van der Waals surface area contributed by atoms with Gasteiger partial charge in [-0.1, -0.05) is 25.4 Å². The third kappa shape index (κ3) is 4.39. The van der Waals surface area contributed by atoms with Crippen molar-refractivity contribution in [1.82, 2.24) is 5.32 Å². The molecule has 0 unspecified atom stereocenters. The molecule has 0 bridgehead atoms. The molecule has 0 aliphatic carbocycles. The summed E-state index contributed by atoms with van der Waals surface area (Å²) in [5, 5.41) is 4.32. The van der Waals surface area contributed by atoms with Crippen molar-refractivity contribution in [3.05, 3.63) is 28.3 Å². The van der Waals surface area contributed by atoms with Crippen LogP contribution >= 0.6 is 11.6 Å². The molecule has 0 spiro atoms. The number of hydrogen-bond acceptors (Lipinski definition) is 2. The van der Waals surface area contributed by atoms with Crippen molar-refractivity contribution >= 4 is 11.6 Å². The molecule has 0 saturated heterocycles. The maximum Gasteiger partial charge on any atom is 0.125 e. The molecule has 0 saturated carbocycles. The molecule has 19 heavy (non-hydrogen) atoms. The van der Waals surface area contributed by atoms with E-state index in [4.69, 9.17) is 16.3 Å². The van der Waals surface area contributed by atoms with E-state index < -0.39 is 0 Å². The van der Waals surface area contributed by atoms with Gasteiger partial charge in [0, 0.05) is 11.4 Å². The molecule has 0 atom stereocenters. The van der Waals surface area contributed by atoms with Crippen LogP contribution in [0.3, 0.4) is 0 Å². The van der Waals surface area contributed by atoms with Crippen molar-refractivity contribution in [2.75, 3.05) is 19.7 Å². The van der Waals surface area contributed by atoms with Gasteiger partial charge in [-0.2, -0.15) is 0 Å². The van der Waals surface area contributed by atoms with Gasteiger partial charge in [0.15, 0.2) is 0 Å². The van der Waals surface area contributed by atoms with Crippen LogP contribution in [-0.4, -0.2) is 19.7 Å². The average molecular weight is 282 g/mol. The summed E-state index contributed by atoms with van der Waals surface area (Å²) >= 11 is 6.16. The van der Waals surface area contributed by atoms with Crippen LogP contribution in [0.1, 0.15) is 37.8 Å². The number of aryl methyl sites for hydroxylation is 1. The van der Waals surface area contributed by atoms with Crippen molar-refractivity contribution < 1.29 is 4.74 Å². The number of halogens is 1. The van der Waals surface area contributed by atoms with Crippen LogP contribution < -0.4 is 10.1 Å². The van der Waals surface area contributed by atoms with Crippen LogP contribution in [0.5, 0.6) is 5.75 Å². The highest BCUT2D eigenvalue weighted by Crippen LogP contribution is 2.33. The summed E-state index contributed by atoms with van der Waals surface area (Å²) in [6, 6.07) is 4.10. The van der Waals surface area contributed by atoms with E-state index in [1.807, 2.05) is 6.07 Å². The number of nitrogens with one attached hydrogen (secondary N) is 1. The van der Waals surface area contributed by atoms with Gasteiger partial charge in [0.1, 0.15) is 5.75 Å². The summed E-state index contributed by atoms with van der Waals surface area (Å²) in [5.74, 6) is 1.82. The Morgan fingerprint density at radius 2 is 2.16 bits per heavy atom. The van der Waals surface area contributed by atoms with E-state index in [1.54, 1.807) is 0 Å². The fraction of sp³-hybridized carbons (Fsp3) is 0.625. The molecule has 2 nitrogen and oxygen atoms in total. The molecule has 0 aromatic heterocycles. The van der Waals surface area contributed by atoms with Crippen LogP contribution in [0.2, 0.25) is 5.02 Å². The zero-order valence-corrected chi connectivity index (χ0v) is 12.7. The molecule has 1 N–H and O–H groups in total. The third-order valence-electron chi connectivity index (χ3n) is 3.43. The first-order valence-electron chi connectivity index (χ1n) is 7.31. The lowest BCUT2D eigenvalue weighted by Gasteiger charge is -2.10. The maximum atomic E-state index is 6.16. The molecule has 0 fully saturated rings. The summed E-state index contributed by atoms with van der Waals surface area (Å²) in [5.41, 5.74) is 2.56. The van der Waals surface area contributed by atoms with E-state index in [0.717, 1.165) is 49.2 Å². The van der Waals surface area contributed by atoms with E-state index in [9.17, 15) is 0 Å². The lowest BCUT2D eigenvalue weighted by atomic mass is 10.0. The minimum Gasteiger partial charge on any atom is -0.493 e. The Morgan fingerprint density at radius 1 is 1.32 bits per heavy atom. The molecule has 3 heteroatoms. The van der Waals surface area contributed by atoms with E-state index in [-0.39, 0.29) is 0 Å².